The van der Waals surface area contributed by atoms with Crippen LogP contribution in [0.5, 0.6) is 0 Å². The maximum absolute atomic E-state index is 9.42. The van der Waals surface area contributed by atoms with E-state index in [9.17, 15) is 5.11 Å². The normalized spacial score (nSPS) is 12.1. The molecule has 4 nitrogen and oxygen atoms in total. The van der Waals surface area contributed by atoms with Crippen LogP contribution in [0.25, 0.3) is 0 Å². The third kappa shape index (κ3) is 4.61. The molecule has 0 saturated heterocycles. The van der Waals surface area contributed by atoms with E-state index in [1.54, 1.807) is 12.4 Å². The van der Waals surface area contributed by atoms with Gasteiger partial charge >= 0.3 is 0 Å². The summed E-state index contributed by atoms with van der Waals surface area (Å²) in [5, 5.41) is 12.7. The van der Waals surface area contributed by atoms with Crippen LogP contribution < -0.4 is 5.32 Å². The second-order valence-corrected chi connectivity index (χ2v) is 5.23. The van der Waals surface area contributed by atoms with E-state index in [4.69, 9.17) is 0 Å². The molecule has 0 aromatic carbocycles. The fourth-order valence-corrected chi connectivity index (χ4v) is 2.10. The fourth-order valence-electron chi connectivity index (χ4n) is 1.77. The Morgan fingerprint density at radius 3 is 2.79 bits per heavy atom. The Bertz CT molecular complexity index is 507. The van der Waals surface area contributed by atoms with Crippen molar-refractivity contribution in [1.29, 1.82) is 0 Å². The minimum Gasteiger partial charge on any atom is -0.396 e. The van der Waals surface area contributed by atoms with Gasteiger partial charge in [-0.25, -0.2) is 4.98 Å². The zero-order valence-electron chi connectivity index (χ0n) is 10.5. The second-order valence-electron chi connectivity index (χ2n) is 4.31. The predicted molar refractivity (Wildman–Crippen MR) is 78.9 cm³/mol. The van der Waals surface area contributed by atoms with Gasteiger partial charge in [0.2, 0.25) is 0 Å². The van der Waals surface area contributed by atoms with Gasteiger partial charge in [-0.3, -0.25) is 4.98 Å². The van der Waals surface area contributed by atoms with E-state index in [0.717, 1.165) is 22.4 Å². The largest absolute Gasteiger partial charge is 0.396 e. The Morgan fingerprint density at radius 1 is 1.21 bits per heavy atom. The van der Waals surface area contributed by atoms with Crippen molar-refractivity contribution in [1.82, 2.24) is 9.97 Å². The van der Waals surface area contributed by atoms with Gasteiger partial charge in [-0.1, -0.05) is 22.0 Å². The average Bonchev–Trinajstić information content (AvgIpc) is 2.44. The Kier molecular flexibility index (Phi) is 5.30. The second kappa shape index (κ2) is 7.21. The molecule has 2 aromatic rings. The quantitative estimate of drug-likeness (QED) is 0.858. The van der Waals surface area contributed by atoms with Crippen LogP contribution in [0.2, 0.25) is 0 Å². The summed E-state index contributed by atoms with van der Waals surface area (Å²) in [4.78, 5) is 8.49. The number of aromatic nitrogens is 2. The molecule has 0 fully saturated rings. The zero-order chi connectivity index (χ0) is 13.5. The molecule has 100 valence electrons. The first-order chi connectivity index (χ1) is 9.28. The first kappa shape index (κ1) is 14.0. The summed E-state index contributed by atoms with van der Waals surface area (Å²) >= 11 is 3.40. The molecule has 2 rings (SSSR count). The molecule has 2 N–H and O–H groups in total. The topological polar surface area (TPSA) is 58.0 Å². The lowest BCUT2D eigenvalue weighted by Crippen LogP contribution is -2.21. The van der Waals surface area contributed by atoms with Gasteiger partial charge in [0.1, 0.15) is 5.82 Å². The molecule has 0 aliphatic heterocycles. The van der Waals surface area contributed by atoms with Crippen molar-refractivity contribution in [3.63, 3.8) is 0 Å². The standard InChI is InChI=1S/C14H16BrN3O/c15-12-4-6-17-14(8-12)18-9-11(10-19)7-13-3-1-2-5-16-13/h1-6,8,11,19H,7,9-10H2,(H,17,18)/t11-/m1/s1. The van der Waals surface area contributed by atoms with Gasteiger partial charge in [0.25, 0.3) is 0 Å². The van der Waals surface area contributed by atoms with Crippen LogP contribution in [0.3, 0.4) is 0 Å². The summed E-state index contributed by atoms with van der Waals surface area (Å²) in [5.74, 6) is 0.921. The number of anilines is 1. The lowest BCUT2D eigenvalue weighted by Gasteiger charge is -2.15. The van der Waals surface area contributed by atoms with Crippen LogP contribution in [0.1, 0.15) is 5.69 Å². The van der Waals surface area contributed by atoms with Gasteiger partial charge in [0.15, 0.2) is 0 Å². The van der Waals surface area contributed by atoms with Crippen LogP contribution in [-0.4, -0.2) is 28.2 Å². The summed E-state index contributed by atoms with van der Waals surface area (Å²) in [6, 6.07) is 9.61. The molecule has 0 amide bonds. The summed E-state index contributed by atoms with van der Waals surface area (Å²) in [6.07, 6.45) is 4.25. The molecule has 0 aliphatic carbocycles. The van der Waals surface area contributed by atoms with Gasteiger partial charge < -0.3 is 10.4 Å². The fraction of sp³-hybridized carbons (Fsp3) is 0.286. The van der Waals surface area contributed by atoms with E-state index in [2.05, 4.69) is 31.2 Å². The molecular weight excluding hydrogens is 306 g/mol. The SMILES string of the molecule is OC[C@@H](CNc1cc(Br)ccn1)Cc1ccccn1. The summed E-state index contributed by atoms with van der Waals surface area (Å²) in [7, 11) is 0. The van der Waals surface area contributed by atoms with Crippen LogP contribution in [0.4, 0.5) is 5.82 Å². The van der Waals surface area contributed by atoms with Crippen molar-refractivity contribution in [2.45, 2.75) is 6.42 Å². The van der Waals surface area contributed by atoms with Gasteiger partial charge in [-0.05, 0) is 30.7 Å². The number of nitrogens with zero attached hydrogens (tertiary/aromatic N) is 2. The molecule has 1 atom stereocenters. The van der Waals surface area contributed by atoms with Crippen LogP contribution >= 0.6 is 15.9 Å². The van der Waals surface area contributed by atoms with E-state index >= 15 is 0 Å². The maximum atomic E-state index is 9.42. The van der Waals surface area contributed by atoms with Crippen molar-refractivity contribution in [3.8, 4) is 0 Å². The highest BCUT2D eigenvalue weighted by Crippen LogP contribution is 2.14. The highest BCUT2D eigenvalue weighted by Gasteiger charge is 2.09. The lowest BCUT2D eigenvalue weighted by atomic mass is 10.0. The van der Waals surface area contributed by atoms with Crippen LogP contribution in [0.15, 0.2) is 47.2 Å². The van der Waals surface area contributed by atoms with Crippen molar-refractivity contribution < 1.29 is 5.11 Å². The monoisotopic (exact) mass is 321 g/mol. The molecule has 0 unspecified atom stereocenters. The van der Waals surface area contributed by atoms with E-state index < -0.39 is 0 Å². The third-order valence-corrected chi connectivity index (χ3v) is 3.27. The maximum Gasteiger partial charge on any atom is 0.127 e. The zero-order valence-corrected chi connectivity index (χ0v) is 12.0. The molecular formula is C14H16BrN3O. The summed E-state index contributed by atoms with van der Waals surface area (Å²) in [5.41, 5.74) is 0.991. The first-order valence-electron chi connectivity index (χ1n) is 6.14. The Labute approximate surface area is 121 Å². The third-order valence-electron chi connectivity index (χ3n) is 2.78. The molecule has 2 aromatic heterocycles. The summed E-state index contributed by atoms with van der Waals surface area (Å²) in [6.45, 7) is 0.786. The van der Waals surface area contributed by atoms with Gasteiger partial charge in [-0.15, -0.1) is 0 Å². The number of aliphatic hydroxyl groups is 1. The highest BCUT2D eigenvalue weighted by atomic mass is 79.9. The van der Waals surface area contributed by atoms with E-state index in [1.165, 1.54) is 0 Å². The van der Waals surface area contributed by atoms with E-state index in [1.807, 2.05) is 30.3 Å². The summed E-state index contributed by atoms with van der Waals surface area (Å²) < 4.78 is 0.982. The molecule has 0 saturated carbocycles. The number of halogens is 1. The van der Waals surface area contributed by atoms with Gasteiger partial charge in [0, 0.05) is 41.6 Å². The van der Waals surface area contributed by atoms with Crippen LogP contribution in [-0.2, 0) is 6.42 Å². The average molecular weight is 322 g/mol. The van der Waals surface area contributed by atoms with Gasteiger partial charge in [0.05, 0.1) is 0 Å². The number of aliphatic hydroxyl groups excluding tert-OH is 1. The Hall–Kier alpha value is -1.46. The number of rotatable bonds is 6. The van der Waals surface area contributed by atoms with Gasteiger partial charge in [-0.2, -0.15) is 0 Å². The van der Waals surface area contributed by atoms with E-state index in [-0.39, 0.29) is 12.5 Å². The lowest BCUT2D eigenvalue weighted by molar-refractivity contribution is 0.232. The Balaban J connectivity index is 1.89. The highest BCUT2D eigenvalue weighted by molar-refractivity contribution is 9.10. The molecule has 0 aliphatic rings. The van der Waals surface area contributed by atoms with Crippen molar-refractivity contribution in [3.05, 3.63) is 52.9 Å². The number of hydrogen-bond acceptors (Lipinski definition) is 4. The molecule has 2 heterocycles. The van der Waals surface area contributed by atoms with Crippen LogP contribution in [0, 0.1) is 5.92 Å². The molecule has 0 bridgehead atoms. The molecule has 0 radical (unpaired) electrons. The van der Waals surface area contributed by atoms with Crippen molar-refractivity contribution in [2.24, 2.45) is 5.92 Å². The molecule has 0 spiro atoms. The molecule has 5 heteroatoms. The predicted octanol–water partition coefficient (Wildman–Crippen LogP) is 2.50. The Morgan fingerprint density at radius 2 is 2.11 bits per heavy atom. The number of nitrogens with one attached hydrogen (secondary N) is 1. The first-order valence-corrected chi connectivity index (χ1v) is 6.93. The minimum absolute atomic E-state index is 0.121. The number of pyridine rings is 2. The molecule has 19 heavy (non-hydrogen) atoms. The van der Waals surface area contributed by atoms with E-state index in [0.29, 0.717) is 6.54 Å². The smallest absolute Gasteiger partial charge is 0.127 e. The number of hydrogen-bond donors (Lipinski definition) is 2. The minimum atomic E-state index is 0.121. The van der Waals surface area contributed by atoms with Crippen molar-refractivity contribution in [2.75, 3.05) is 18.5 Å². The van der Waals surface area contributed by atoms with Crippen molar-refractivity contribution >= 4 is 21.7 Å².